The van der Waals surface area contributed by atoms with Crippen LogP contribution in [0.4, 0.5) is 0 Å². The van der Waals surface area contributed by atoms with Gasteiger partial charge >= 0.3 is 11.9 Å². The second-order valence-corrected chi connectivity index (χ2v) is 3.85. The van der Waals surface area contributed by atoms with E-state index in [1.165, 1.54) is 0 Å². The molecule has 2 N–H and O–H groups in total. The van der Waals surface area contributed by atoms with Crippen LogP contribution in [0.3, 0.4) is 0 Å². The lowest BCUT2D eigenvalue weighted by atomic mass is 9.91. The Kier molecular flexibility index (Phi) is 3.66. The van der Waals surface area contributed by atoms with Crippen LogP contribution < -0.4 is 0 Å². The van der Waals surface area contributed by atoms with Crippen molar-refractivity contribution in [3.63, 3.8) is 0 Å². The molecule has 0 heterocycles. The predicted octanol–water partition coefficient (Wildman–Crippen LogP) is 1.95. The number of carboxylic acid groups (broad SMARTS) is 2. The molecular weight excluding hydrogens is 208 g/mol. The summed E-state index contributed by atoms with van der Waals surface area (Å²) < 4.78 is 0. The van der Waals surface area contributed by atoms with E-state index in [4.69, 9.17) is 10.2 Å². The zero-order valence-corrected chi connectivity index (χ0v) is 9.23. The van der Waals surface area contributed by atoms with Crippen molar-refractivity contribution < 1.29 is 19.8 Å². The molecule has 0 saturated carbocycles. The third-order valence-electron chi connectivity index (χ3n) is 2.49. The largest absolute Gasteiger partial charge is 0.481 e. The van der Waals surface area contributed by atoms with Crippen molar-refractivity contribution in [2.75, 3.05) is 0 Å². The Morgan fingerprint density at radius 2 is 1.88 bits per heavy atom. The maximum Gasteiger partial charge on any atom is 0.311 e. The van der Waals surface area contributed by atoms with Crippen molar-refractivity contribution >= 4 is 11.9 Å². The van der Waals surface area contributed by atoms with Gasteiger partial charge < -0.3 is 10.2 Å². The van der Waals surface area contributed by atoms with Crippen LogP contribution in [-0.4, -0.2) is 22.2 Å². The average Bonchev–Trinajstić information content (AvgIpc) is 2.18. The van der Waals surface area contributed by atoms with Crippen molar-refractivity contribution in [3.8, 4) is 0 Å². The van der Waals surface area contributed by atoms with E-state index in [2.05, 4.69) is 0 Å². The van der Waals surface area contributed by atoms with Gasteiger partial charge in [0.2, 0.25) is 0 Å². The lowest BCUT2D eigenvalue weighted by molar-refractivity contribution is -0.145. The number of aliphatic carboxylic acids is 2. The minimum absolute atomic E-state index is 0.389. The zero-order chi connectivity index (χ0) is 12.3. The van der Waals surface area contributed by atoms with E-state index in [0.717, 1.165) is 11.1 Å². The predicted molar refractivity (Wildman–Crippen MR) is 58.5 cm³/mol. The lowest BCUT2D eigenvalue weighted by Crippen LogP contribution is -2.17. The molecule has 1 atom stereocenters. The highest BCUT2D eigenvalue weighted by Gasteiger charge is 2.24. The fourth-order valence-corrected chi connectivity index (χ4v) is 1.64. The molecule has 0 aliphatic heterocycles. The second-order valence-electron chi connectivity index (χ2n) is 3.85. The number of rotatable bonds is 4. The summed E-state index contributed by atoms with van der Waals surface area (Å²) in [6.45, 7) is 3.63. The SMILES string of the molecule is Cc1ccc(C)c(C(CC(=O)O)C(=O)O)c1. The van der Waals surface area contributed by atoms with Crippen LogP contribution in [0.5, 0.6) is 0 Å². The van der Waals surface area contributed by atoms with Gasteiger partial charge in [0.05, 0.1) is 12.3 Å². The van der Waals surface area contributed by atoms with E-state index in [1.54, 1.807) is 13.0 Å². The maximum absolute atomic E-state index is 11.0. The van der Waals surface area contributed by atoms with Gasteiger partial charge in [0.1, 0.15) is 0 Å². The molecule has 0 saturated heterocycles. The molecule has 0 fully saturated rings. The molecule has 4 heteroatoms. The van der Waals surface area contributed by atoms with Gasteiger partial charge in [0.15, 0.2) is 0 Å². The summed E-state index contributed by atoms with van der Waals surface area (Å²) in [6, 6.07) is 5.41. The number of hydrogen-bond acceptors (Lipinski definition) is 2. The van der Waals surface area contributed by atoms with E-state index >= 15 is 0 Å². The summed E-state index contributed by atoms with van der Waals surface area (Å²) in [5.74, 6) is -3.18. The van der Waals surface area contributed by atoms with Gasteiger partial charge in [0.25, 0.3) is 0 Å². The molecule has 0 bridgehead atoms. The second kappa shape index (κ2) is 4.79. The van der Waals surface area contributed by atoms with E-state index in [0.29, 0.717) is 5.56 Å². The summed E-state index contributed by atoms with van der Waals surface area (Å²) in [5.41, 5.74) is 2.31. The normalized spacial score (nSPS) is 12.1. The lowest BCUT2D eigenvalue weighted by Gasteiger charge is -2.13. The topological polar surface area (TPSA) is 74.6 Å². The first-order valence-corrected chi connectivity index (χ1v) is 4.93. The van der Waals surface area contributed by atoms with Crippen LogP contribution in [-0.2, 0) is 9.59 Å². The summed E-state index contributed by atoms with van der Waals surface area (Å²) in [7, 11) is 0. The van der Waals surface area contributed by atoms with Crippen LogP contribution in [0.1, 0.15) is 29.0 Å². The molecule has 0 aromatic heterocycles. The molecule has 1 unspecified atom stereocenters. The smallest absolute Gasteiger partial charge is 0.311 e. The first kappa shape index (κ1) is 12.2. The van der Waals surface area contributed by atoms with Gasteiger partial charge in [-0.2, -0.15) is 0 Å². The van der Waals surface area contributed by atoms with Crippen molar-refractivity contribution in [1.29, 1.82) is 0 Å². The maximum atomic E-state index is 11.0. The number of hydrogen-bond donors (Lipinski definition) is 2. The van der Waals surface area contributed by atoms with Gasteiger partial charge in [-0.1, -0.05) is 23.8 Å². The average molecular weight is 222 g/mol. The van der Waals surface area contributed by atoms with Crippen LogP contribution in [0.2, 0.25) is 0 Å². The quantitative estimate of drug-likeness (QED) is 0.816. The monoisotopic (exact) mass is 222 g/mol. The van der Waals surface area contributed by atoms with Crippen molar-refractivity contribution in [1.82, 2.24) is 0 Å². The number of aryl methyl sites for hydroxylation is 2. The molecule has 0 aliphatic carbocycles. The third kappa shape index (κ3) is 2.82. The number of carbonyl (C=O) groups is 2. The zero-order valence-electron chi connectivity index (χ0n) is 9.23. The summed E-state index contributed by atoms with van der Waals surface area (Å²) in [6.07, 6.45) is -0.389. The first-order chi connectivity index (χ1) is 7.41. The Morgan fingerprint density at radius 1 is 1.25 bits per heavy atom. The van der Waals surface area contributed by atoms with Crippen LogP contribution in [0, 0.1) is 13.8 Å². The molecule has 0 amide bonds. The fraction of sp³-hybridized carbons (Fsp3) is 0.333. The Bertz CT molecular complexity index is 423. The van der Waals surface area contributed by atoms with Crippen LogP contribution in [0.15, 0.2) is 18.2 Å². The number of benzene rings is 1. The van der Waals surface area contributed by atoms with Crippen LogP contribution >= 0.6 is 0 Å². The Morgan fingerprint density at radius 3 is 2.38 bits per heavy atom. The van der Waals surface area contributed by atoms with E-state index < -0.39 is 17.9 Å². The van der Waals surface area contributed by atoms with Crippen molar-refractivity contribution in [3.05, 3.63) is 34.9 Å². The van der Waals surface area contributed by atoms with Gasteiger partial charge in [-0.25, -0.2) is 0 Å². The summed E-state index contributed by atoms with van der Waals surface area (Å²) >= 11 is 0. The van der Waals surface area contributed by atoms with Crippen molar-refractivity contribution in [2.45, 2.75) is 26.2 Å². The van der Waals surface area contributed by atoms with E-state index in [1.807, 2.05) is 19.1 Å². The Hall–Kier alpha value is -1.84. The minimum Gasteiger partial charge on any atom is -0.481 e. The van der Waals surface area contributed by atoms with Gasteiger partial charge in [-0.3, -0.25) is 9.59 Å². The summed E-state index contributed by atoms with van der Waals surface area (Å²) in [4.78, 5) is 21.7. The highest BCUT2D eigenvalue weighted by atomic mass is 16.4. The standard InChI is InChI=1S/C12H14O4/c1-7-3-4-8(2)9(5-7)10(12(15)16)6-11(13)14/h3-5,10H,6H2,1-2H3,(H,13,14)(H,15,16). The molecule has 0 spiro atoms. The Balaban J connectivity index is 3.14. The highest BCUT2D eigenvalue weighted by molar-refractivity contribution is 5.82. The molecule has 86 valence electrons. The molecule has 1 aromatic carbocycles. The van der Waals surface area contributed by atoms with Gasteiger partial charge in [-0.15, -0.1) is 0 Å². The first-order valence-electron chi connectivity index (χ1n) is 4.93. The van der Waals surface area contributed by atoms with Crippen molar-refractivity contribution in [2.24, 2.45) is 0 Å². The summed E-state index contributed by atoms with van der Waals surface area (Å²) in [5, 5.41) is 17.7. The fourth-order valence-electron chi connectivity index (χ4n) is 1.64. The molecule has 1 aromatic rings. The molecule has 0 aliphatic rings. The molecule has 1 rings (SSSR count). The van der Waals surface area contributed by atoms with E-state index in [9.17, 15) is 9.59 Å². The molecular formula is C12H14O4. The Labute approximate surface area is 93.5 Å². The highest BCUT2D eigenvalue weighted by Crippen LogP contribution is 2.24. The number of carboxylic acids is 2. The molecule has 16 heavy (non-hydrogen) atoms. The van der Waals surface area contributed by atoms with Crippen LogP contribution in [0.25, 0.3) is 0 Å². The third-order valence-corrected chi connectivity index (χ3v) is 2.49. The van der Waals surface area contributed by atoms with E-state index in [-0.39, 0.29) is 6.42 Å². The van der Waals surface area contributed by atoms with Gasteiger partial charge in [0, 0.05) is 0 Å². The van der Waals surface area contributed by atoms with Gasteiger partial charge in [-0.05, 0) is 25.0 Å². The minimum atomic E-state index is -1.10. The molecule has 4 nitrogen and oxygen atoms in total. The molecule has 0 radical (unpaired) electrons.